The van der Waals surface area contributed by atoms with Gasteiger partial charge in [0, 0.05) is 6.42 Å². The van der Waals surface area contributed by atoms with Gasteiger partial charge in [-0.15, -0.1) is 0 Å². The van der Waals surface area contributed by atoms with E-state index in [-0.39, 0.29) is 17.6 Å². The molecule has 0 saturated carbocycles. The van der Waals surface area contributed by atoms with Gasteiger partial charge in [-0.3, -0.25) is 4.79 Å². The summed E-state index contributed by atoms with van der Waals surface area (Å²) in [5, 5.41) is 12.4. The first-order valence-corrected chi connectivity index (χ1v) is 5.71. The van der Waals surface area contributed by atoms with Gasteiger partial charge in [0.15, 0.2) is 0 Å². The van der Waals surface area contributed by atoms with Crippen molar-refractivity contribution >= 4 is 5.78 Å². The topological polar surface area (TPSA) is 49.3 Å². The summed E-state index contributed by atoms with van der Waals surface area (Å²) in [7, 11) is 0. The van der Waals surface area contributed by atoms with Gasteiger partial charge in [-0.1, -0.05) is 26.0 Å². The van der Waals surface area contributed by atoms with Crippen molar-refractivity contribution in [2.75, 3.05) is 6.54 Å². The predicted octanol–water partition coefficient (Wildman–Crippen LogP) is 1.89. The van der Waals surface area contributed by atoms with E-state index in [4.69, 9.17) is 5.11 Å². The van der Waals surface area contributed by atoms with Crippen LogP contribution in [0, 0.1) is 0 Å². The molecule has 0 unspecified atom stereocenters. The third kappa shape index (κ3) is 3.66. The maximum absolute atomic E-state index is 11.7. The summed E-state index contributed by atoms with van der Waals surface area (Å²) in [5.74, 6) is 0.487. The van der Waals surface area contributed by atoms with Crippen molar-refractivity contribution in [1.82, 2.24) is 5.32 Å². The summed E-state index contributed by atoms with van der Waals surface area (Å²) >= 11 is 0. The van der Waals surface area contributed by atoms with Gasteiger partial charge in [0.05, 0.1) is 6.04 Å². The van der Waals surface area contributed by atoms with Crippen LogP contribution in [0.3, 0.4) is 0 Å². The van der Waals surface area contributed by atoms with Crippen molar-refractivity contribution in [2.24, 2.45) is 0 Å². The number of benzene rings is 1. The molecule has 0 amide bonds. The standard InChI is InChI=1S/C13H19NO2/c1-3-13(16)12(14-4-2)9-10-5-7-11(15)8-6-10/h5-8,12,14-15H,3-4,9H2,1-2H3/t12-/m0/s1. The Morgan fingerprint density at radius 3 is 2.44 bits per heavy atom. The number of phenols is 1. The maximum atomic E-state index is 11.7. The number of carbonyl (C=O) groups is 1. The van der Waals surface area contributed by atoms with E-state index in [0.29, 0.717) is 12.8 Å². The Morgan fingerprint density at radius 2 is 1.94 bits per heavy atom. The van der Waals surface area contributed by atoms with E-state index in [2.05, 4.69) is 5.32 Å². The van der Waals surface area contributed by atoms with Crippen molar-refractivity contribution in [3.05, 3.63) is 29.8 Å². The average molecular weight is 221 g/mol. The number of ketones is 1. The fourth-order valence-electron chi connectivity index (χ4n) is 1.66. The van der Waals surface area contributed by atoms with Crippen LogP contribution in [-0.2, 0) is 11.2 Å². The maximum Gasteiger partial charge on any atom is 0.149 e. The molecule has 0 fully saturated rings. The Hall–Kier alpha value is -1.35. The van der Waals surface area contributed by atoms with E-state index in [1.165, 1.54) is 0 Å². The van der Waals surface area contributed by atoms with E-state index in [1.54, 1.807) is 12.1 Å². The second-order valence-corrected chi connectivity index (χ2v) is 3.80. The van der Waals surface area contributed by atoms with Crippen molar-refractivity contribution in [2.45, 2.75) is 32.7 Å². The zero-order valence-corrected chi connectivity index (χ0v) is 9.86. The van der Waals surface area contributed by atoms with Gasteiger partial charge in [-0.05, 0) is 30.7 Å². The van der Waals surface area contributed by atoms with E-state index in [9.17, 15) is 4.79 Å². The monoisotopic (exact) mass is 221 g/mol. The van der Waals surface area contributed by atoms with Crippen LogP contribution < -0.4 is 5.32 Å². The summed E-state index contributed by atoms with van der Waals surface area (Å²) in [6.07, 6.45) is 1.23. The van der Waals surface area contributed by atoms with Gasteiger partial charge in [0.2, 0.25) is 0 Å². The molecular formula is C13H19NO2. The first kappa shape index (κ1) is 12.7. The Morgan fingerprint density at radius 1 is 1.31 bits per heavy atom. The fraction of sp³-hybridized carbons (Fsp3) is 0.462. The molecule has 3 heteroatoms. The Balaban J connectivity index is 2.67. The van der Waals surface area contributed by atoms with Gasteiger partial charge < -0.3 is 10.4 Å². The minimum atomic E-state index is -0.112. The molecule has 0 heterocycles. The molecule has 0 aromatic heterocycles. The molecule has 1 atom stereocenters. The zero-order chi connectivity index (χ0) is 12.0. The van der Waals surface area contributed by atoms with Crippen LogP contribution in [0.1, 0.15) is 25.8 Å². The first-order chi connectivity index (χ1) is 7.67. The molecule has 0 aliphatic carbocycles. The quantitative estimate of drug-likeness (QED) is 0.771. The summed E-state index contributed by atoms with van der Waals surface area (Å²) in [4.78, 5) is 11.7. The first-order valence-electron chi connectivity index (χ1n) is 5.71. The molecule has 0 aliphatic rings. The summed E-state index contributed by atoms with van der Waals surface area (Å²) in [5.41, 5.74) is 1.06. The lowest BCUT2D eigenvalue weighted by Crippen LogP contribution is -2.38. The molecule has 1 aromatic rings. The molecule has 1 rings (SSSR count). The number of Topliss-reactive ketones (excluding diaryl/α,β-unsaturated/α-hetero) is 1. The Bertz CT molecular complexity index is 332. The smallest absolute Gasteiger partial charge is 0.149 e. The van der Waals surface area contributed by atoms with E-state index >= 15 is 0 Å². The molecule has 16 heavy (non-hydrogen) atoms. The van der Waals surface area contributed by atoms with Gasteiger partial charge in [-0.2, -0.15) is 0 Å². The number of nitrogens with one attached hydrogen (secondary N) is 1. The number of carbonyl (C=O) groups excluding carboxylic acids is 1. The molecule has 1 aromatic carbocycles. The Labute approximate surface area is 96.5 Å². The Kier molecular flexibility index (Phi) is 4.99. The number of aromatic hydroxyl groups is 1. The second-order valence-electron chi connectivity index (χ2n) is 3.80. The van der Waals surface area contributed by atoms with Gasteiger partial charge in [0.1, 0.15) is 11.5 Å². The highest BCUT2D eigenvalue weighted by atomic mass is 16.3. The lowest BCUT2D eigenvalue weighted by atomic mass is 10.0. The van der Waals surface area contributed by atoms with Crippen LogP contribution in [0.5, 0.6) is 5.75 Å². The van der Waals surface area contributed by atoms with E-state index < -0.39 is 0 Å². The lowest BCUT2D eigenvalue weighted by molar-refractivity contribution is -0.120. The highest BCUT2D eigenvalue weighted by Crippen LogP contribution is 2.12. The molecule has 0 saturated heterocycles. The molecule has 2 N–H and O–H groups in total. The van der Waals surface area contributed by atoms with Crippen molar-refractivity contribution in [1.29, 1.82) is 0 Å². The molecule has 0 spiro atoms. The highest BCUT2D eigenvalue weighted by molar-refractivity contribution is 5.84. The third-order valence-corrected chi connectivity index (χ3v) is 2.56. The predicted molar refractivity (Wildman–Crippen MR) is 64.6 cm³/mol. The molecule has 0 bridgehead atoms. The number of hydrogen-bond acceptors (Lipinski definition) is 3. The number of phenolic OH excluding ortho intramolecular Hbond substituents is 1. The SMILES string of the molecule is CCN[C@@H](Cc1ccc(O)cc1)C(=O)CC. The third-order valence-electron chi connectivity index (χ3n) is 2.56. The van der Waals surface area contributed by atoms with Crippen molar-refractivity contribution in [3.63, 3.8) is 0 Å². The zero-order valence-electron chi connectivity index (χ0n) is 9.86. The van der Waals surface area contributed by atoms with E-state index in [1.807, 2.05) is 26.0 Å². The largest absolute Gasteiger partial charge is 0.508 e. The van der Waals surface area contributed by atoms with Gasteiger partial charge in [-0.25, -0.2) is 0 Å². The summed E-state index contributed by atoms with van der Waals surface area (Å²) in [6.45, 7) is 4.66. The number of rotatable bonds is 6. The van der Waals surface area contributed by atoms with Gasteiger partial charge in [0.25, 0.3) is 0 Å². The molecule has 0 aliphatic heterocycles. The minimum absolute atomic E-state index is 0.112. The second kappa shape index (κ2) is 6.28. The van der Waals surface area contributed by atoms with Crippen LogP contribution in [0.2, 0.25) is 0 Å². The molecule has 88 valence electrons. The van der Waals surface area contributed by atoms with Crippen LogP contribution in [0.4, 0.5) is 0 Å². The number of hydrogen-bond donors (Lipinski definition) is 2. The molecular weight excluding hydrogens is 202 g/mol. The van der Waals surface area contributed by atoms with Gasteiger partial charge >= 0.3 is 0 Å². The normalized spacial score (nSPS) is 12.4. The van der Waals surface area contributed by atoms with Crippen LogP contribution in [0.25, 0.3) is 0 Å². The van der Waals surface area contributed by atoms with Crippen molar-refractivity contribution < 1.29 is 9.90 Å². The van der Waals surface area contributed by atoms with Crippen LogP contribution in [-0.4, -0.2) is 23.5 Å². The summed E-state index contributed by atoms with van der Waals surface area (Å²) in [6, 6.07) is 6.88. The lowest BCUT2D eigenvalue weighted by Gasteiger charge is -2.15. The molecule has 0 radical (unpaired) electrons. The van der Waals surface area contributed by atoms with Crippen LogP contribution in [0.15, 0.2) is 24.3 Å². The fourth-order valence-corrected chi connectivity index (χ4v) is 1.66. The number of likely N-dealkylation sites (N-methyl/N-ethyl adjacent to an activating group) is 1. The minimum Gasteiger partial charge on any atom is -0.508 e. The average Bonchev–Trinajstić information content (AvgIpc) is 2.30. The van der Waals surface area contributed by atoms with Crippen molar-refractivity contribution in [3.8, 4) is 5.75 Å². The summed E-state index contributed by atoms with van der Waals surface area (Å²) < 4.78 is 0. The highest BCUT2D eigenvalue weighted by Gasteiger charge is 2.15. The van der Waals surface area contributed by atoms with Crippen LogP contribution >= 0.6 is 0 Å². The van der Waals surface area contributed by atoms with E-state index in [0.717, 1.165) is 12.1 Å². The molecule has 3 nitrogen and oxygen atoms in total.